The maximum Gasteiger partial charge on any atom is 0.258 e. The number of methoxy groups -OCH3 is 2. The molecule has 0 aliphatic heterocycles. The van der Waals surface area contributed by atoms with Crippen molar-refractivity contribution in [1.82, 2.24) is 9.97 Å². The second-order valence-electron chi connectivity index (χ2n) is 7.08. The lowest BCUT2D eigenvalue weighted by Gasteiger charge is -2.19. The van der Waals surface area contributed by atoms with Gasteiger partial charge in [-0.15, -0.1) is 0 Å². The number of carbonyl (C=O) groups is 1. The third-order valence-electron chi connectivity index (χ3n) is 4.95. The number of nitrogens with zero attached hydrogens (tertiary/aromatic N) is 2. The van der Waals surface area contributed by atoms with Gasteiger partial charge in [0.2, 0.25) is 0 Å². The zero-order valence-electron chi connectivity index (χ0n) is 18.0. The van der Waals surface area contributed by atoms with Crippen LogP contribution in [0.25, 0.3) is 10.9 Å². The fourth-order valence-corrected chi connectivity index (χ4v) is 3.18. The highest BCUT2D eigenvalue weighted by Gasteiger charge is 2.21. The smallest absolute Gasteiger partial charge is 0.258 e. The lowest BCUT2D eigenvalue weighted by molar-refractivity contribution is -0.125. The van der Waals surface area contributed by atoms with E-state index in [1.165, 1.54) is 19.5 Å². The molecule has 0 fully saturated rings. The largest absolute Gasteiger partial charge is 0.508 e. The van der Waals surface area contributed by atoms with Crippen molar-refractivity contribution in [2.24, 2.45) is 5.73 Å². The molecule has 1 atom stereocenters. The van der Waals surface area contributed by atoms with E-state index in [1.54, 1.807) is 26.2 Å². The number of halogens is 1. The highest BCUT2D eigenvalue weighted by atomic mass is 19.1. The molecule has 1 amide bonds. The summed E-state index contributed by atoms with van der Waals surface area (Å²) >= 11 is 0. The van der Waals surface area contributed by atoms with Crippen molar-refractivity contribution < 1.29 is 28.5 Å². The molecule has 0 saturated carbocycles. The predicted molar refractivity (Wildman–Crippen MR) is 117 cm³/mol. The number of hydrogen-bond acceptors (Lipinski definition) is 8. The van der Waals surface area contributed by atoms with Crippen molar-refractivity contribution in [2.45, 2.75) is 25.9 Å². The monoisotopic (exact) mass is 444 g/mol. The van der Waals surface area contributed by atoms with Crippen molar-refractivity contribution in [3.05, 3.63) is 42.0 Å². The number of aromatic nitrogens is 2. The number of carbonyl (C=O) groups excluding carboxylic acids is 1. The first-order chi connectivity index (χ1) is 15.3. The molecule has 0 bridgehead atoms. The van der Waals surface area contributed by atoms with Gasteiger partial charge in [0.05, 0.1) is 18.3 Å². The standard InChI is InChI=1S/C22H25FN4O5/c1-12-16(28)7-6-14(23)20(12)27-22-13-9-18(31-3)19(10-15(13)25-11-26-22)32-17(21(24)29)5-4-8-30-2/h6-7,9-11,17,28H,4-5,8H2,1-3H3,(H2,24,29)(H,25,26,27). The number of aromatic hydroxyl groups is 1. The average molecular weight is 444 g/mol. The second-order valence-corrected chi connectivity index (χ2v) is 7.08. The lowest BCUT2D eigenvalue weighted by atomic mass is 10.1. The zero-order valence-corrected chi connectivity index (χ0v) is 18.0. The van der Waals surface area contributed by atoms with E-state index in [1.807, 2.05) is 0 Å². The Labute approximate surface area is 184 Å². The Balaban J connectivity index is 1.98. The Hall–Kier alpha value is -3.66. The van der Waals surface area contributed by atoms with Crippen molar-refractivity contribution in [2.75, 3.05) is 26.1 Å². The minimum atomic E-state index is -0.875. The summed E-state index contributed by atoms with van der Waals surface area (Å²) in [6.07, 6.45) is 1.39. The molecule has 10 heteroatoms. The van der Waals surface area contributed by atoms with Gasteiger partial charge in [-0.2, -0.15) is 0 Å². The van der Waals surface area contributed by atoms with Crippen LogP contribution in [0.1, 0.15) is 18.4 Å². The average Bonchev–Trinajstić information content (AvgIpc) is 2.78. The topological polar surface area (TPSA) is 129 Å². The van der Waals surface area contributed by atoms with Gasteiger partial charge in [0.15, 0.2) is 17.6 Å². The van der Waals surface area contributed by atoms with Gasteiger partial charge in [0.25, 0.3) is 5.91 Å². The molecule has 9 nitrogen and oxygen atoms in total. The molecule has 1 unspecified atom stereocenters. The SMILES string of the molecule is COCCCC(Oc1cc2ncnc(Nc3c(F)ccc(O)c3C)c2cc1OC)C(N)=O. The van der Waals surface area contributed by atoms with Crippen molar-refractivity contribution in [3.8, 4) is 17.2 Å². The quantitative estimate of drug-likeness (QED) is 0.407. The molecule has 4 N–H and O–H groups in total. The van der Waals surface area contributed by atoms with Crippen LogP contribution in [-0.2, 0) is 9.53 Å². The van der Waals surface area contributed by atoms with E-state index in [-0.39, 0.29) is 17.2 Å². The van der Waals surface area contributed by atoms with Crippen LogP contribution in [0.2, 0.25) is 0 Å². The number of benzene rings is 2. The number of hydrogen-bond donors (Lipinski definition) is 3. The van der Waals surface area contributed by atoms with Gasteiger partial charge >= 0.3 is 0 Å². The number of phenols is 1. The molecule has 3 aromatic rings. The van der Waals surface area contributed by atoms with E-state index in [0.29, 0.717) is 47.5 Å². The van der Waals surface area contributed by atoms with Crippen LogP contribution in [0.4, 0.5) is 15.9 Å². The van der Waals surface area contributed by atoms with Gasteiger partial charge in [-0.25, -0.2) is 14.4 Å². The number of rotatable bonds is 10. The van der Waals surface area contributed by atoms with Gasteiger partial charge in [-0.3, -0.25) is 4.79 Å². The summed E-state index contributed by atoms with van der Waals surface area (Å²) in [6.45, 7) is 2.06. The Kier molecular flexibility index (Phi) is 7.26. The van der Waals surface area contributed by atoms with Crippen molar-refractivity contribution in [1.29, 1.82) is 0 Å². The maximum absolute atomic E-state index is 14.4. The third kappa shape index (κ3) is 4.97. The molecule has 3 rings (SSSR count). The van der Waals surface area contributed by atoms with Crippen molar-refractivity contribution >= 4 is 28.3 Å². The predicted octanol–water partition coefficient (Wildman–Crippen LogP) is 3.19. The minimum Gasteiger partial charge on any atom is -0.508 e. The molecule has 0 aliphatic carbocycles. The number of primary amides is 1. The van der Waals surface area contributed by atoms with E-state index in [4.69, 9.17) is 19.9 Å². The van der Waals surface area contributed by atoms with Gasteiger partial charge < -0.3 is 30.4 Å². The molecule has 0 radical (unpaired) electrons. The van der Waals surface area contributed by atoms with Crippen LogP contribution < -0.4 is 20.5 Å². The van der Waals surface area contributed by atoms with E-state index >= 15 is 0 Å². The molecule has 2 aromatic carbocycles. The summed E-state index contributed by atoms with van der Waals surface area (Å²) in [5.74, 6) is -0.292. The van der Waals surface area contributed by atoms with Crippen LogP contribution in [0.15, 0.2) is 30.6 Å². The summed E-state index contributed by atoms with van der Waals surface area (Å²) < 4.78 is 30.6. The van der Waals surface area contributed by atoms with Gasteiger partial charge in [-0.1, -0.05) is 0 Å². The molecular weight excluding hydrogens is 419 g/mol. The molecule has 170 valence electrons. The van der Waals surface area contributed by atoms with Crippen LogP contribution in [-0.4, -0.2) is 47.9 Å². The number of phenolic OH excluding ortho intramolecular Hbond substituents is 1. The van der Waals surface area contributed by atoms with Crippen LogP contribution in [0.3, 0.4) is 0 Å². The normalized spacial score (nSPS) is 11.9. The fourth-order valence-electron chi connectivity index (χ4n) is 3.18. The van der Waals surface area contributed by atoms with Gasteiger partial charge in [-0.05, 0) is 38.0 Å². The van der Waals surface area contributed by atoms with Gasteiger partial charge in [0.1, 0.15) is 23.7 Å². The summed E-state index contributed by atoms with van der Waals surface area (Å²) in [5, 5.41) is 13.4. The summed E-state index contributed by atoms with van der Waals surface area (Å²) in [5.41, 5.74) is 6.38. The van der Waals surface area contributed by atoms with Crippen LogP contribution in [0, 0.1) is 12.7 Å². The Morgan fingerprint density at radius 1 is 1.25 bits per heavy atom. The van der Waals surface area contributed by atoms with E-state index < -0.39 is 17.8 Å². The molecule has 0 aliphatic rings. The molecule has 32 heavy (non-hydrogen) atoms. The lowest BCUT2D eigenvalue weighted by Crippen LogP contribution is -2.34. The third-order valence-corrected chi connectivity index (χ3v) is 4.95. The van der Waals surface area contributed by atoms with E-state index in [9.17, 15) is 14.3 Å². The first-order valence-electron chi connectivity index (χ1n) is 9.88. The molecule has 1 aromatic heterocycles. The summed E-state index contributed by atoms with van der Waals surface area (Å²) in [7, 11) is 3.02. The number of amides is 1. The fraction of sp³-hybridized carbons (Fsp3) is 0.318. The first kappa shape index (κ1) is 23.0. The number of fused-ring (bicyclic) bond motifs is 1. The first-order valence-corrected chi connectivity index (χ1v) is 9.88. The Morgan fingerprint density at radius 2 is 2.03 bits per heavy atom. The minimum absolute atomic E-state index is 0.0495. The summed E-state index contributed by atoms with van der Waals surface area (Å²) in [6, 6.07) is 5.66. The highest BCUT2D eigenvalue weighted by molar-refractivity contribution is 5.93. The van der Waals surface area contributed by atoms with E-state index in [2.05, 4.69) is 15.3 Å². The molecular formula is C22H25FN4O5. The number of anilines is 2. The Morgan fingerprint density at radius 3 is 2.72 bits per heavy atom. The van der Waals surface area contributed by atoms with Gasteiger partial charge in [0, 0.05) is 30.7 Å². The maximum atomic E-state index is 14.4. The van der Waals surface area contributed by atoms with Crippen molar-refractivity contribution in [3.63, 3.8) is 0 Å². The van der Waals surface area contributed by atoms with Crippen LogP contribution >= 0.6 is 0 Å². The molecule has 0 spiro atoms. The van der Waals surface area contributed by atoms with E-state index in [0.717, 1.165) is 6.07 Å². The van der Waals surface area contributed by atoms with Crippen LogP contribution in [0.5, 0.6) is 17.2 Å². The zero-order chi connectivity index (χ0) is 23.3. The highest BCUT2D eigenvalue weighted by Crippen LogP contribution is 2.37. The summed E-state index contributed by atoms with van der Waals surface area (Å²) in [4.78, 5) is 20.3. The number of nitrogens with one attached hydrogen (secondary N) is 1. The number of ether oxygens (including phenoxy) is 3. The molecule has 0 saturated heterocycles. The number of nitrogens with two attached hydrogens (primary N) is 1. The molecule has 1 heterocycles. The second kappa shape index (κ2) is 10.1. The Bertz CT molecular complexity index is 1130.